The zero-order chi connectivity index (χ0) is 18.6. The Morgan fingerprint density at radius 1 is 1.50 bits per heavy atom. The van der Waals surface area contributed by atoms with E-state index in [1.165, 1.54) is 7.11 Å². The van der Waals surface area contributed by atoms with Crippen molar-refractivity contribution in [1.29, 1.82) is 0 Å². The third kappa shape index (κ3) is 1.28. The molecule has 4 nitrogen and oxygen atoms in total. The van der Waals surface area contributed by atoms with Crippen LogP contribution in [0, 0.1) is 5.92 Å². The number of piperidine rings is 1. The molecule has 0 aromatic heterocycles. The average molecular weight is 303 g/mol. The topological polar surface area (TPSA) is 41.9 Å². The Bertz CT molecular complexity index is 858. The number of hydrogen-bond acceptors (Lipinski definition) is 4. The van der Waals surface area contributed by atoms with Crippen LogP contribution < -0.4 is 9.47 Å². The number of hydrogen-bond donors (Lipinski definition) is 1. The molecule has 2 aliphatic heterocycles. The lowest BCUT2D eigenvalue weighted by Gasteiger charge is -2.56. The second-order valence-corrected chi connectivity index (χ2v) is 6.66. The maximum Gasteiger partial charge on any atom is 0.165 e. The van der Waals surface area contributed by atoms with Crippen LogP contribution in [0.5, 0.6) is 11.5 Å². The van der Waals surface area contributed by atoms with Crippen molar-refractivity contribution >= 4 is 0 Å². The molecular formula is C18H21NO3. The molecule has 1 N–H and O–H groups in total. The van der Waals surface area contributed by atoms with Crippen molar-refractivity contribution < 1.29 is 20.1 Å². The second-order valence-electron chi connectivity index (χ2n) is 6.66. The van der Waals surface area contributed by atoms with E-state index in [9.17, 15) is 5.11 Å². The van der Waals surface area contributed by atoms with Crippen LogP contribution in [-0.4, -0.2) is 49.0 Å². The summed E-state index contributed by atoms with van der Waals surface area (Å²) in [7, 11) is 3.33. The maximum atomic E-state index is 10.6. The largest absolute Gasteiger partial charge is 0.493 e. The SMILES string of the molecule is [2H]c1c([2H])c2c3c(c1OC)OC1C(O)C=C[C@H]4[C@H](N(C)CC[C@]314)C2([2H])[2H]. The normalized spacial score (nSPS) is 46.0. The van der Waals surface area contributed by atoms with Crippen LogP contribution in [0.25, 0.3) is 0 Å². The molecule has 2 bridgehead atoms. The van der Waals surface area contributed by atoms with E-state index in [2.05, 4.69) is 0 Å². The summed E-state index contributed by atoms with van der Waals surface area (Å²) in [4.78, 5) is 2.00. The van der Waals surface area contributed by atoms with Gasteiger partial charge in [-0.1, -0.05) is 18.2 Å². The highest BCUT2D eigenvalue weighted by molar-refractivity contribution is 5.62. The van der Waals surface area contributed by atoms with E-state index in [-0.39, 0.29) is 29.3 Å². The minimum atomic E-state index is -1.81. The van der Waals surface area contributed by atoms with Crippen molar-refractivity contribution in [3.8, 4) is 11.5 Å². The number of likely N-dealkylation sites (tertiary alicyclic amines) is 1. The molecule has 4 aliphatic rings. The zero-order valence-electron chi connectivity index (χ0n) is 16.6. The molecule has 0 amide bonds. The van der Waals surface area contributed by atoms with Gasteiger partial charge in [0.05, 0.1) is 9.85 Å². The Kier molecular flexibility index (Phi) is 1.77. The Morgan fingerprint density at radius 3 is 3.18 bits per heavy atom. The molecule has 0 saturated carbocycles. The van der Waals surface area contributed by atoms with Gasteiger partial charge >= 0.3 is 0 Å². The minimum Gasteiger partial charge on any atom is -0.493 e. The number of benzene rings is 1. The molecule has 5 rings (SSSR count). The quantitative estimate of drug-likeness (QED) is 0.799. The molecule has 2 heterocycles. The van der Waals surface area contributed by atoms with E-state index in [1.807, 2.05) is 18.0 Å². The third-order valence-corrected chi connectivity index (χ3v) is 5.81. The number of aliphatic hydroxyl groups excluding tert-OH is 1. The Balaban J connectivity index is 1.95. The van der Waals surface area contributed by atoms with Gasteiger partial charge in [0.1, 0.15) is 12.2 Å². The lowest BCUT2D eigenvalue weighted by molar-refractivity contribution is -0.0453. The number of aliphatic hydroxyl groups is 1. The van der Waals surface area contributed by atoms with Gasteiger partial charge in [0.25, 0.3) is 0 Å². The van der Waals surface area contributed by atoms with Gasteiger partial charge in [0.15, 0.2) is 11.5 Å². The molecule has 2 aliphatic carbocycles. The molecule has 22 heavy (non-hydrogen) atoms. The fourth-order valence-corrected chi connectivity index (χ4v) is 4.83. The first kappa shape index (κ1) is 9.58. The highest BCUT2D eigenvalue weighted by Gasteiger charge is 2.64. The van der Waals surface area contributed by atoms with Gasteiger partial charge in [-0.05, 0) is 38.0 Å². The van der Waals surface area contributed by atoms with Crippen LogP contribution in [-0.2, 0) is 11.8 Å². The summed E-state index contributed by atoms with van der Waals surface area (Å²) in [6.07, 6.45) is 1.15. The summed E-state index contributed by atoms with van der Waals surface area (Å²) >= 11 is 0. The highest BCUT2D eigenvalue weighted by Crippen LogP contribution is 2.62. The zero-order valence-corrected chi connectivity index (χ0v) is 12.6. The summed E-state index contributed by atoms with van der Waals surface area (Å²) < 4.78 is 46.2. The molecule has 2 unspecified atom stereocenters. The van der Waals surface area contributed by atoms with Gasteiger partial charge in [0, 0.05) is 25.7 Å². The molecular weight excluding hydrogens is 278 g/mol. The Hall–Kier alpha value is -1.52. The summed E-state index contributed by atoms with van der Waals surface area (Å²) in [5, 5.41) is 10.6. The van der Waals surface area contributed by atoms with Crippen LogP contribution in [0.1, 0.15) is 23.0 Å². The standard InChI is InChI=1S/C18H21NO3/c1-19-8-7-18-11-4-5-13(20)17(18)22-16-14(21-2)6-3-10(15(16)18)9-12(11)19/h3-6,11-13,17,20H,7-9H2,1-2H3/t11-,12+,13?,17?,18-/m0/s1/i3D,6D,9D2. The van der Waals surface area contributed by atoms with Crippen LogP contribution in [0.2, 0.25) is 0 Å². The minimum absolute atomic E-state index is 0.142. The van der Waals surface area contributed by atoms with Gasteiger partial charge in [-0.25, -0.2) is 0 Å². The number of rotatable bonds is 1. The fraction of sp³-hybridized carbons (Fsp3) is 0.556. The smallest absolute Gasteiger partial charge is 0.165 e. The maximum absolute atomic E-state index is 10.6. The van der Waals surface area contributed by atoms with E-state index in [0.29, 0.717) is 24.3 Å². The average Bonchev–Trinajstić information content (AvgIpc) is 2.91. The number of nitrogens with zero attached hydrogens (tertiary/aromatic N) is 1. The van der Waals surface area contributed by atoms with Crippen LogP contribution >= 0.6 is 0 Å². The lowest BCUT2D eigenvalue weighted by Crippen LogP contribution is -2.64. The molecule has 1 saturated heterocycles. The van der Waals surface area contributed by atoms with Crippen molar-refractivity contribution in [3.63, 3.8) is 0 Å². The van der Waals surface area contributed by atoms with Crippen molar-refractivity contribution in [2.24, 2.45) is 5.92 Å². The molecule has 5 atom stereocenters. The van der Waals surface area contributed by atoms with Crippen LogP contribution in [0.15, 0.2) is 24.2 Å². The Labute approximate surface area is 135 Å². The van der Waals surface area contributed by atoms with Crippen molar-refractivity contribution in [2.75, 3.05) is 20.7 Å². The monoisotopic (exact) mass is 303 g/mol. The van der Waals surface area contributed by atoms with E-state index >= 15 is 0 Å². The fourth-order valence-electron chi connectivity index (χ4n) is 4.83. The summed E-state index contributed by atoms with van der Waals surface area (Å²) in [5.74, 6) is 0.337. The van der Waals surface area contributed by atoms with Crippen molar-refractivity contribution in [2.45, 2.75) is 36.5 Å². The van der Waals surface area contributed by atoms with Crippen molar-refractivity contribution in [1.82, 2.24) is 4.90 Å². The molecule has 116 valence electrons. The first-order valence-electron chi connectivity index (χ1n) is 9.72. The van der Waals surface area contributed by atoms with Gasteiger partial charge < -0.3 is 19.5 Å². The number of likely N-dealkylation sites (N-methyl/N-ethyl adjacent to an activating group) is 1. The van der Waals surface area contributed by atoms with E-state index in [0.717, 1.165) is 0 Å². The summed E-state index contributed by atoms with van der Waals surface area (Å²) in [6, 6.07) is -0.778. The van der Waals surface area contributed by atoms with Gasteiger partial charge in [-0.2, -0.15) is 0 Å². The summed E-state index contributed by atoms with van der Waals surface area (Å²) in [5.41, 5.74) is 0.289. The highest BCUT2D eigenvalue weighted by atomic mass is 16.5. The van der Waals surface area contributed by atoms with Crippen LogP contribution in [0.3, 0.4) is 0 Å². The predicted octanol–water partition coefficient (Wildman–Crippen LogP) is 1.50. The van der Waals surface area contributed by atoms with E-state index in [1.54, 1.807) is 6.08 Å². The first-order valence-corrected chi connectivity index (χ1v) is 7.72. The predicted molar refractivity (Wildman–Crippen MR) is 82.5 cm³/mol. The third-order valence-electron chi connectivity index (χ3n) is 5.81. The van der Waals surface area contributed by atoms with Gasteiger partial charge in [-0.3, -0.25) is 0 Å². The van der Waals surface area contributed by atoms with Crippen LogP contribution in [0.4, 0.5) is 0 Å². The number of methoxy groups -OCH3 is 1. The van der Waals surface area contributed by atoms with E-state index in [4.69, 9.17) is 15.0 Å². The molecule has 4 heteroatoms. The molecule has 1 spiro atoms. The molecule has 0 radical (unpaired) electrons. The lowest BCUT2D eigenvalue weighted by atomic mass is 9.53. The van der Waals surface area contributed by atoms with Gasteiger partial charge in [0.2, 0.25) is 0 Å². The molecule has 1 fully saturated rings. The first-order chi connectivity index (χ1) is 12.3. The Morgan fingerprint density at radius 2 is 2.36 bits per heavy atom. The summed E-state index contributed by atoms with van der Waals surface area (Å²) in [6.45, 7) is 0.679. The van der Waals surface area contributed by atoms with Gasteiger partial charge in [-0.15, -0.1) is 0 Å². The second kappa shape index (κ2) is 4.06. The molecule has 1 aromatic carbocycles. The molecule has 1 aromatic rings. The number of ether oxygens (including phenoxy) is 2. The van der Waals surface area contributed by atoms with Crippen molar-refractivity contribution in [3.05, 3.63) is 35.4 Å². The van der Waals surface area contributed by atoms with E-state index < -0.39 is 30.0 Å².